The van der Waals surface area contributed by atoms with Gasteiger partial charge in [0.25, 0.3) is 0 Å². The summed E-state index contributed by atoms with van der Waals surface area (Å²) in [6, 6.07) is 5.45. The van der Waals surface area contributed by atoms with E-state index in [9.17, 15) is 4.39 Å². The highest BCUT2D eigenvalue weighted by atomic mass is 32.2. The van der Waals surface area contributed by atoms with Crippen LogP contribution in [0.2, 0.25) is 0 Å². The molecule has 0 bridgehead atoms. The zero-order valence-electron chi connectivity index (χ0n) is 10.7. The smallest absolute Gasteiger partial charge is 0.123 e. The summed E-state index contributed by atoms with van der Waals surface area (Å²) >= 11 is 1.83. The fourth-order valence-corrected chi connectivity index (χ4v) is 3.11. The van der Waals surface area contributed by atoms with E-state index in [2.05, 4.69) is 26.1 Å². The summed E-state index contributed by atoms with van der Waals surface area (Å²) in [4.78, 5) is 1.23. The molecule has 94 valence electrons. The average Bonchev–Trinajstić information content (AvgIpc) is 2.25. The summed E-state index contributed by atoms with van der Waals surface area (Å²) in [5.74, 6) is 0.981. The topological polar surface area (TPSA) is 12.0 Å². The van der Waals surface area contributed by atoms with Crippen LogP contribution < -0.4 is 5.32 Å². The maximum atomic E-state index is 13.3. The SMILES string of the molecule is CC(C)(C)CNC1CCSc2ccc(F)cc21. The first-order valence-electron chi connectivity index (χ1n) is 6.11. The van der Waals surface area contributed by atoms with E-state index in [4.69, 9.17) is 0 Å². The Bertz CT molecular complexity index is 398. The molecule has 0 aliphatic carbocycles. The van der Waals surface area contributed by atoms with Crippen molar-refractivity contribution < 1.29 is 4.39 Å². The minimum absolute atomic E-state index is 0.131. The highest BCUT2D eigenvalue weighted by Crippen LogP contribution is 2.36. The van der Waals surface area contributed by atoms with Gasteiger partial charge in [-0.15, -0.1) is 11.8 Å². The molecule has 0 spiro atoms. The molecule has 0 amide bonds. The van der Waals surface area contributed by atoms with Crippen molar-refractivity contribution in [1.82, 2.24) is 5.32 Å². The van der Waals surface area contributed by atoms with E-state index in [0.29, 0.717) is 6.04 Å². The summed E-state index contributed by atoms with van der Waals surface area (Å²) in [5.41, 5.74) is 1.39. The highest BCUT2D eigenvalue weighted by Gasteiger charge is 2.22. The first-order chi connectivity index (χ1) is 7.96. The van der Waals surface area contributed by atoms with Gasteiger partial charge in [-0.05, 0) is 41.4 Å². The Morgan fingerprint density at radius 2 is 2.18 bits per heavy atom. The van der Waals surface area contributed by atoms with Crippen molar-refractivity contribution in [3.05, 3.63) is 29.6 Å². The van der Waals surface area contributed by atoms with Gasteiger partial charge in [-0.3, -0.25) is 0 Å². The molecule has 0 saturated carbocycles. The van der Waals surface area contributed by atoms with E-state index >= 15 is 0 Å². The molecule has 0 radical (unpaired) electrons. The summed E-state index contributed by atoms with van der Waals surface area (Å²) in [5, 5.41) is 3.56. The van der Waals surface area contributed by atoms with Crippen molar-refractivity contribution in [3.8, 4) is 0 Å². The van der Waals surface area contributed by atoms with Crippen LogP contribution in [0.15, 0.2) is 23.1 Å². The Balaban J connectivity index is 2.14. The lowest BCUT2D eigenvalue weighted by Crippen LogP contribution is -2.32. The second kappa shape index (κ2) is 4.99. The highest BCUT2D eigenvalue weighted by molar-refractivity contribution is 7.99. The predicted octanol–water partition coefficient (Wildman–Crippen LogP) is 4.00. The number of thioether (sulfide) groups is 1. The van der Waals surface area contributed by atoms with Crippen LogP contribution in [0.3, 0.4) is 0 Å². The van der Waals surface area contributed by atoms with Crippen LogP contribution >= 0.6 is 11.8 Å². The van der Waals surface area contributed by atoms with Crippen molar-refractivity contribution in [1.29, 1.82) is 0 Å². The maximum absolute atomic E-state index is 13.3. The van der Waals surface area contributed by atoms with Gasteiger partial charge in [-0.2, -0.15) is 0 Å². The number of nitrogens with one attached hydrogen (secondary N) is 1. The molecular weight excluding hydrogens is 233 g/mol. The van der Waals surface area contributed by atoms with E-state index in [1.165, 1.54) is 4.90 Å². The molecule has 3 heteroatoms. The van der Waals surface area contributed by atoms with Gasteiger partial charge in [-0.25, -0.2) is 4.39 Å². The second-order valence-electron chi connectivity index (χ2n) is 5.81. The Hall–Kier alpha value is -0.540. The van der Waals surface area contributed by atoms with Gasteiger partial charge in [0.15, 0.2) is 0 Å². The molecule has 1 aliphatic rings. The van der Waals surface area contributed by atoms with Gasteiger partial charge in [0.2, 0.25) is 0 Å². The number of hydrogen-bond donors (Lipinski definition) is 1. The third kappa shape index (κ3) is 3.46. The monoisotopic (exact) mass is 253 g/mol. The predicted molar refractivity (Wildman–Crippen MR) is 71.9 cm³/mol. The van der Waals surface area contributed by atoms with Crippen LogP contribution in [0.25, 0.3) is 0 Å². The number of hydrogen-bond acceptors (Lipinski definition) is 2. The van der Waals surface area contributed by atoms with Gasteiger partial charge < -0.3 is 5.32 Å². The third-order valence-corrected chi connectivity index (χ3v) is 4.01. The normalized spacial score (nSPS) is 20.1. The lowest BCUT2D eigenvalue weighted by molar-refractivity contribution is 0.347. The largest absolute Gasteiger partial charge is 0.309 e. The van der Waals surface area contributed by atoms with E-state index in [1.54, 1.807) is 12.1 Å². The van der Waals surface area contributed by atoms with Crippen LogP contribution in [0.1, 0.15) is 38.8 Å². The molecule has 1 atom stereocenters. The Morgan fingerprint density at radius 1 is 1.41 bits per heavy atom. The Labute approximate surface area is 107 Å². The average molecular weight is 253 g/mol. The van der Waals surface area contributed by atoms with Gasteiger partial charge in [0, 0.05) is 17.5 Å². The molecule has 1 heterocycles. The van der Waals surface area contributed by atoms with Crippen LogP contribution in [-0.2, 0) is 0 Å². The minimum atomic E-state index is -0.131. The molecule has 0 aromatic heterocycles. The summed E-state index contributed by atoms with van der Waals surface area (Å²) in [7, 11) is 0. The van der Waals surface area contributed by atoms with E-state index in [0.717, 1.165) is 24.3 Å². The van der Waals surface area contributed by atoms with Crippen LogP contribution in [0.4, 0.5) is 4.39 Å². The summed E-state index contributed by atoms with van der Waals surface area (Å²) in [6.07, 6.45) is 1.08. The zero-order chi connectivity index (χ0) is 12.5. The second-order valence-corrected chi connectivity index (χ2v) is 6.95. The molecule has 1 unspecified atom stereocenters. The molecule has 1 aromatic rings. The van der Waals surface area contributed by atoms with Gasteiger partial charge in [0.05, 0.1) is 0 Å². The molecule has 2 rings (SSSR count). The Morgan fingerprint density at radius 3 is 2.88 bits per heavy atom. The number of rotatable bonds is 2. The molecule has 0 saturated heterocycles. The van der Waals surface area contributed by atoms with Crippen molar-refractivity contribution in [3.63, 3.8) is 0 Å². The van der Waals surface area contributed by atoms with E-state index in [-0.39, 0.29) is 11.2 Å². The van der Waals surface area contributed by atoms with Gasteiger partial charge in [0.1, 0.15) is 5.82 Å². The molecular formula is C14H20FNS. The number of fused-ring (bicyclic) bond motifs is 1. The van der Waals surface area contributed by atoms with Crippen LogP contribution in [-0.4, -0.2) is 12.3 Å². The quantitative estimate of drug-likeness (QED) is 0.855. The minimum Gasteiger partial charge on any atom is -0.309 e. The summed E-state index contributed by atoms with van der Waals surface area (Å²) in [6.45, 7) is 7.59. The first kappa shape index (κ1) is 12.9. The number of halogens is 1. The Kier molecular flexibility index (Phi) is 3.79. The lowest BCUT2D eigenvalue weighted by atomic mass is 9.95. The molecule has 0 fully saturated rings. The van der Waals surface area contributed by atoms with Crippen molar-refractivity contribution in [2.45, 2.75) is 38.1 Å². The number of benzene rings is 1. The molecule has 1 nitrogen and oxygen atoms in total. The maximum Gasteiger partial charge on any atom is 0.123 e. The van der Waals surface area contributed by atoms with Gasteiger partial charge in [-0.1, -0.05) is 20.8 Å². The molecule has 1 aliphatic heterocycles. The van der Waals surface area contributed by atoms with Crippen molar-refractivity contribution >= 4 is 11.8 Å². The van der Waals surface area contributed by atoms with Crippen molar-refractivity contribution in [2.24, 2.45) is 5.41 Å². The third-order valence-electron chi connectivity index (χ3n) is 2.89. The fraction of sp³-hybridized carbons (Fsp3) is 0.571. The summed E-state index contributed by atoms with van der Waals surface area (Å²) < 4.78 is 13.3. The van der Waals surface area contributed by atoms with Crippen LogP contribution in [0, 0.1) is 11.2 Å². The van der Waals surface area contributed by atoms with E-state index < -0.39 is 0 Å². The fourth-order valence-electron chi connectivity index (χ4n) is 2.01. The standard InChI is InChI=1S/C14H20FNS/c1-14(2,3)9-16-12-6-7-17-13-5-4-10(15)8-11(12)13/h4-5,8,12,16H,6-7,9H2,1-3H3. The molecule has 1 aromatic carbocycles. The molecule has 17 heavy (non-hydrogen) atoms. The van der Waals surface area contributed by atoms with Crippen molar-refractivity contribution in [2.75, 3.05) is 12.3 Å². The zero-order valence-corrected chi connectivity index (χ0v) is 11.5. The molecule has 1 N–H and O–H groups in total. The van der Waals surface area contributed by atoms with Crippen LogP contribution in [0.5, 0.6) is 0 Å². The van der Waals surface area contributed by atoms with E-state index in [1.807, 2.05) is 17.8 Å². The first-order valence-corrected chi connectivity index (χ1v) is 7.10. The lowest BCUT2D eigenvalue weighted by Gasteiger charge is -2.29. The van der Waals surface area contributed by atoms with Gasteiger partial charge >= 0.3 is 0 Å².